The Morgan fingerprint density at radius 2 is 1.47 bits per heavy atom. The van der Waals surface area contributed by atoms with E-state index >= 15 is 0 Å². The van der Waals surface area contributed by atoms with Crippen molar-refractivity contribution in [1.29, 1.82) is 0 Å². The van der Waals surface area contributed by atoms with Crippen molar-refractivity contribution in [3.8, 4) is 16.9 Å². The largest absolute Gasteiger partial charge is 0.508 e. The molecule has 0 saturated heterocycles. The molecule has 0 fully saturated rings. The monoisotopic (exact) mass is 226 g/mol. The van der Waals surface area contributed by atoms with Crippen LogP contribution < -0.4 is 0 Å². The summed E-state index contributed by atoms with van der Waals surface area (Å²) < 4.78 is 0. The fraction of sp³-hybridized carbons (Fsp3) is 0.250. The first-order chi connectivity index (χ1) is 8.08. The minimum absolute atomic E-state index is 0.310. The van der Waals surface area contributed by atoms with Crippen LogP contribution >= 0.6 is 0 Å². The van der Waals surface area contributed by atoms with Crippen LogP contribution in [-0.4, -0.2) is 5.11 Å². The van der Waals surface area contributed by atoms with Gasteiger partial charge in [0.1, 0.15) is 5.75 Å². The van der Waals surface area contributed by atoms with Crippen LogP contribution in [-0.2, 0) is 0 Å². The highest BCUT2D eigenvalue weighted by atomic mass is 16.3. The Labute approximate surface area is 103 Å². The van der Waals surface area contributed by atoms with E-state index < -0.39 is 0 Å². The smallest absolute Gasteiger partial charge is 0.115 e. The summed E-state index contributed by atoms with van der Waals surface area (Å²) in [5, 5.41) is 9.28. The lowest BCUT2D eigenvalue weighted by Gasteiger charge is -2.11. The quantitative estimate of drug-likeness (QED) is 0.799. The Bertz CT molecular complexity index is 510. The zero-order valence-corrected chi connectivity index (χ0v) is 10.6. The van der Waals surface area contributed by atoms with Crippen LogP contribution in [0.5, 0.6) is 5.75 Å². The first-order valence-electron chi connectivity index (χ1n) is 5.98. The van der Waals surface area contributed by atoms with Crippen molar-refractivity contribution in [2.75, 3.05) is 0 Å². The van der Waals surface area contributed by atoms with E-state index in [1.807, 2.05) is 12.1 Å². The molecular formula is C16H18O. The zero-order valence-electron chi connectivity index (χ0n) is 10.6. The maximum atomic E-state index is 9.28. The summed E-state index contributed by atoms with van der Waals surface area (Å²) in [5.74, 6) is 0.869. The average molecular weight is 226 g/mol. The van der Waals surface area contributed by atoms with Crippen LogP contribution in [0.4, 0.5) is 0 Å². The molecule has 1 N–H and O–H groups in total. The van der Waals surface area contributed by atoms with Crippen LogP contribution in [0.25, 0.3) is 11.1 Å². The fourth-order valence-corrected chi connectivity index (χ4v) is 2.16. The molecule has 0 aliphatic heterocycles. The molecule has 0 bridgehead atoms. The normalized spacial score (nSPS) is 10.8. The van der Waals surface area contributed by atoms with E-state index in [1.165, 1.54) is 16.7 Å². The Morgan fingerprint density at radius 1 is 0.882 bits per heavy atom. The number of aromatic hydroxyl groups is 1. The highest BCUT2D eigenvalue weighted by Crippen LogP contribution is 2.26. The molecule has 0 aliphatic rings. The second-order valence-electron chi connectivity index (χ2n) is 4.77. The van der Waals surface area contributed by atoms with Crippen LogP contribution in [0.2, 0.25) is 0 Å². The number of hydrogen-bond donors (Lipinski definition) is 1. The van der Waals surface area contributed by atoms with E-state index in [0.29, 0.717) is 11.7 Å². The molecule has 0 spiro atoms. The summed E-state index contributed by atoms with van der Waals surface area (Å²) in [6.45, 7) is 6.57. The average Bonchev–Trinajstić information content (AvgIpc) is 2.29. The number of rotatable bonds is 2. The number of phenolic OH excluding ortho intramolecular Hbond substituents is 1. The third-order valence-corrected chi connectivity index (χ3v) is 3.09. The van der Waals surface area contributed by atoms with Gasteiger partial charge in [-0.25, -0.2) is 0 Å². The third kappa shape index (κ3) is 2.50. The molecule has 0 saturated carbocycles. The van der Waals surface area contributed by atoms with Crippen molar-refractivity contribution in [1.82, 2.24) is 0 Å². The number of benzene rings is 2. The van der Waals surface area contributed by atoms with Crippen LogP contribution in [0.3, 0.4) is 0 Å². The molecule has 88 valence electrons. The van der Waals surface area contributed by atoms with Gasteiger partial charge in [0.2, 0.25) is 0 Å². The van der Waals surface area contributed by atoms with Gasteiger partial charge >= 0.3 is 0 Å². The topological polar surface area (TPSA) is 20.2 Å². The van der Waals surface area contributed by atoms with Gasteiger partial charge in [-0.05, 0) is 47.2 Å². The highest BCUT2D eigenvalue weighted by molar-refractivity contribution is 5.65. The Balaban J connectivity index is 2.41. The Kier molecular flexibility index (Phi) is 3.19. The molecule has 1 nitrogen and oxygen atoms in total. The number of phenols is 1. The van der Waals surface area contributed by atoms with Gasteiger partial charge in [-0.15, -0.1) is 0 Å². The molecule has 0 amide bonds. The van der Waals surface area contributed by atoms with Gasteiger partial charge in [-0.3, -0.25) is 0 Å². The molecule has 0 heterocycles. The second kappa shape index (κ2) is 4.62. The molecule has 2 aromatic carbocycles. The summed E-state index contributed by atoms with van der Waals surface area (Å²) in [4.78, 5) is 0. The number of aryl methyl sites for hydroxylation is 1. The van der Waals surface area contributed by atoms with E-state index in [2.05, 4.69) is 39.0 Å². The SMILES string of the molecule is Cc1cc(-c2ccc(O)cc2)ccc1C(C)C. The van der Waals surface area contributed by atoms with Gasteiger partial charge in [0.25, 0.3) is 0 Å². The molecular weight excluding hydrogens is 208 g/mol. The van der Waals surface area contributed by atoms with E-state index in [9.17, 15) is 5.11 Å². The molecule has 0 aliphatic carbocycles. The third-order valence-electron chi connectivity index (χ3n) is 3.09. The molecule has 0 aromatic heterocycles. The summed E-state index contributed by atoms with van der Waals surface area (Å²) in [5.41, 5.74) is 5.06. The Hall–Kier alpha value is -1.76. The van der Waals surface area contributed by atoms with E-state index in [-0.39, 0.29) is 0 Å². The van der Waals surface area contributed by atoms with Gasteiger partial charge in [-0.1, -0.05) is 44.2 Å². The lowest BCUT2D eigenvalue weighted by atomic mass is 9.94. The van der Waals surface area contributed by atoms with Gasteiger partial charge in [0.05, 0.1) is 0 Å². The minimum atomic E-state index is 0.310. The molecule has 0 radical (unpaired) electrons. The molecule has 0 unspecified atom stereocenters. The summed E-state index contributed by atoms with van der Waals surface area (Å²) in [7, 11) is 0. The van der Waals surface area contributed by atoms with E-state index in [0.717, 1.165) is 5.56 Å². The molecule has 0 atom stereocenters. The first-order valence-corrected chi connectivity index (χ1v) is 5.98. The van der Waals surface area contributed by atoms with Gasteiger partial charge in [0, 0.05) is 0 Å². The highest BCUT2D eigenvalue weighted by Gasteiger charge is 2.05. The zero-order chi connectivity index (χ0) is 12.4. The Morgan fingerprint density at radius 3 is 2.00 bits per heavy atom. The minimum Gasteiger partial charge on any atom is -0.508 e. The van der Waals surface area contributed by atoms with E-state index in [4.69, 9.17) is 0 Å². The first kappa shape index (κ1) is 11.7. The molecule has 1 heteroatoms. The predicted molar refractivity (Wildman–Crippen MR) is 72.4 cm³/mol. The molecule has 2 rings (SSSR count). The standard InChI is InChI=1S/C16H18O/c1-11(2)16-9-6-14(10-12(16)3)13-4-7-15(17)8-5-13/h4-11,17H,1-3H3. The van der Waals surface area contributed by atoms with Crippen molar-refractivity contribution in [3.05, 3.63) is 53.6 Å². The van der Waals surface area contributed by atoms with Crippen LogP contribution in [0, 0.1) is 6.92 Å². The van der Waals surface area contributed by atoms with Crippen molar-refractivity contribution >= 4 is 0 Å². The predicted octanol–water partition coefficient (Wildman–Crippen LogP) is 4.49. The van der Waals surface area contributed by atoms with Gasteiger partial charge in [0.15, 0.2) is 0 Å². The summed E-state index contributed by atoms with van der Waals surface area (Å²) >= 11 is 0. The van der Waals surface area contributed by atoms with Crippen molar-refractivity contribution < 1.29 is 5.11 Å². The van der Waals surface area contributed by atoms with Gasteiger partial charge < -0.3 is 5.11 Å². The second-order valence-corrected chi connectivity index (χ2v) is 4.77. The maximum Gasteiger partial charge on any atom is 0.115 e. The van der Waals surface area contributed by atoms with Crippen LogP contribution in [0.15, 0.2) is 42.5 Å². The lowest BCUT2D eigenvalue weighted by Crippen LogP contribution is -1.92. The number of hydrogen-bond acceptors (Lipinski definition) is 1. The lowest BCUT2D eigenvalue weighted by molar-refractivity contribution is 0.475. The fourth-order valence-electron chi connectivity index (χ4n) is 2.16. The maximum absolute atomic E-state index is 9.28. The molecule has 17 heavy (non-hydrogen) atoms. The molecule has 2 aromatic rings. The van der Waals surface area contributed by atoms with Crippen molar-refractivity contribution in [2.24, 2.45) is 0 Å². The summed E-state index contributed by atoms with van der Waals surface area (Å²) in [6, 6.07) is 13.9. The van der Waals surface area contributed by atoms with E-state index in [1.54, 1.807) is 12.1 Å². The van der Waals surface area contributed by atoms with Crippen molar-refractivity contribution in [3.63, 3.8) is 0 Å². The summed E-state index contributed by atoms with van der Waals surface area (Å²) in [6.07, 6.45) is 0. The van der Waals surface area contributed by atoms with Crippen molar-refractivity contribution in [2.45, 2.75) is 26.7 Å². The van der Waals surface area contributed by atoms with Crippen LogP contribution in [0.1, 0.15) is 30.9 Å². The van der Waals surface area contributed by atoms with Gasteiger partial charge in [-0.2, -0.15) is 0 Å².